The van der Waals surface area contributed by atoms with Crippen molar-refractivity contribution in [2.24, 2.45) is 5.73 Å². The first-order valence-corrected chi connectivity index (χ1v) is 13.5. The zero-order chi connectivity index (χ0) is 31.1. The number of primary amides is 1. The molecule has 15 heteroatoms. The van der Waals surface area contributed by atoms with Crippen LogP contribution in [-0.2, 0) is 16.3 Å². The van der Waals surface area contributed by atoms with Crippen molar-refractivity contribution in [2.45, 2.75) is 18.0 Å². The van der Waals surface area contributed by atoms with Gasteiger partial charge in [0.1, 0.15) is 17.2 Å². The average molecular weight is 623 g/mol. The van der Waals surface area contributed by atoms with Crippen molar-refractivity contribution < 1.29 is 40.5 Å². The van der Waals surface area contributed by atoms with E-state index in [0.717, 1.165) is 17.7 Å². The molecule has 4 rings (SSSR count). The van der Waals surface area contributed by atoms with Crippen LogP contribution in [0.4, 0.5) is 29.3 Å². The molecule has 1 aromatic heterocycles. The number of aryl methyl sites for hydroxylation is 1. The van der Waals surface area contributed by atoms with E-state index in [1.807, 2.05) is 6.92 Å². The van der Waals surface area contributed by atoms with E-state index in [1.54, 1.807) is 24.3 Å². The molecule has 0 aliphatic rings. The van der Waals surface area contributed by atoms with Crippen molar-refractivity contribution in [3.8, 4) is 11.5 Å². The topological polar surface area (TPSA) is 161 Å². The molecule has 3 aromatic carbocycles. The molecule has 0 spiro atoms. The molecule has 4 aromatic rings. The number of pyridine rings is 1. The van der Waals surface area contributed by atoms with Gasteiger partial charge in [-0.25, -0.2) is 4.79 Å². The van der Waals surface area contributed by atoms with Gasteiger partial charge in [0.25, 0.3) is 16.0 Å². The lowest BCUT2D eigenvalue weighted by Gasteiger charge is -2.12. The van der Waals surface area contributed by atoms with Crippen LogP contribution in [-0.4, -0.2) is 29.9 Å². The zero-order valence-corrected chi connectivity index (χ0v) is 23.1. The highest BCUT2D eigenvalue weighted by atomic mass is 35.5. The van der Waals surface area contributed by atoms with E-state index >= 15 is 0 Å². The predicted molar refractivity (Wildman–Crippen MR) is 149 cm³/mol. The summed E-state index contributed by atoms with van der Waals surface area (Å²) >= 11 is 5.56. The van der Waals surface area contributed by atoms with E-state index < -0.39 is 38.8 Å². The van der Waals surface area contributed by atoms with Crippen LogP contribution < -0.4 is 21.1 Å². The number of hydrogen-bond donors (Lipinski definition) is 4. The molecule has 3 amide bonds. The molecule has 0 atom stereocenters. The van der Waals surface area contributed by atoms with Crippen molar-refractivity contribution in [1.82, 2.24) is 4.98 Å². The van der Waals surface area contributed by atoms with Gasteiger partial charge in [-0.3, -0.25) is 14.3 Å². The Balaban J connectivity index is 0.000000369. The second-order valence-corrected chi connectivity index (χ2v) is 10.3. The minimum absolute atomic E-state index is 0.0448. The molecule has 5 N–H and O–H groups in total. The van der Waals surface area contributed by atoms with E-state index in [4.69, 9.17) is 26.6 Å². The summed E-state index contributed by atoms with van der Waals surface area (Å²) in [6.07, 6.45) is -3.27. The van der Waals surface area contributed by atoms with E-state index in [-0.39, 0.29) is 16.3 Å². The van der Waals surface area contributed by atoms with Crippen molar-refractivity contribution >= 4 is 45.0 Å². The molecule has 42 heavy (non-hydrogen) atoms. The molecular weight excluding hydrogens is 601 g/mol. The lowest BCUT2D eigenvalue weighted by molar-refractivity contribution is -0.137. The molecule has 0 unspecified atom stereocenters. The number of hydrogen-bond acceptors (Lipinski definition) is 6. The predicted octanol–water partition coefficient (Wildman–Crippen LogP) is 6.53. The number of nitrogens with one attached hydrogen (secondary N) is 2. The summed E-state index contributed by atoms with van der Waals surface area (Å²) in [5.74, 6) is 0.0459. The first-order valence-electron chi connectivity index (χ1n) is 11.6. The number of nitrogens with two attached hydrogens (primary N) is 1. The van der Waals surface area contributed by atoms with Gasteiger partial charge in [0, 0.05) is 23.6 Å². The van der Waals surface area contributed by atoms with E-state index in [1.165, 1.54) is 48.7 Å². The first kappa shape index (κ1) is 31.9. The lowest BCUT2D eigenvalue weighted by atomic mass is 10.2. The third-order valence-electron chi connectivity index (χ3n) is 5.18. The Morgan fingerprint density at radius 1 is 0.905 bits per heavy atom. The molecule has 0 saturated heterocycles. The van der Waals surface area contributed by atoms with Crippen LogP contribution in [0.15, 0.2) is 90.0 Å². The number of alkyl halides is 3. The summed E-state index contributed by atoms with van der Waals surface area (Å²) < 4.78 is 73.9. The number of rotatable bonds is 6. The lowest BCUT2D eigenvalue weighted by Crippen LogP contribution is -2.19. The first-order chi connectivity index (χ1) is 19.6. The van der Waals surface area contributed by atoms with Crippen LogP contribution >= 0.6 is 11.6 Å². The smallest absolute Gasteiger partial charge is 0.417 e. The number of amides is 3. The van der Waals surface area contributed by atoms with Crippen molar-refractivity contribution in [3.05, 3.63) is 107 Å². The molecule has 0 radical (unpaired) electrons. The normalized spacial score (nSPS) is 11.1. The van der Waals surface area contributed by atoms with Crippen molar-refractivity contribution in [2.75, 3.05) is 10.6 Å². The van der Waals surface area contributed by atoms with Gasteiger partial charge in [-0.05, 0) is 67.6 Å². The van der Waals surface area contributed by atoms with E-state index in [0.29, 0.717) is 17.2 Å². The Bertz CT molecular complexity index is 1680. The fourth-order valence-corrected chi connectivity index (χ4v) is 3.88. The van der Waals surface area contributed by atoms with Crippen LogP contribution in [0.5, 0.6) is 11.5 Å². The van der Waals surface area contributed by atoms with Crippen LogP contribution in [0.1, 0.15) is 21.6 Å². The summed E-state index contributed by atoms with van der Waals surface area (Å²) in [4.78, 5) is 27.0. The molecule has 0 aliphatic carbocycles. The van der Waals surface area contributed by atoms with Crippen LogP contribution in [0, 0.1) is 6.92 Å². The quantitative estimate of drug-likeness (QED) is 0.178. The Morgan fingerprint density at radius 2 is 1.50 bits per heavy atom. The maximum Gasteiger partial charge on any atom is 0.417 e. The summed E-state index contributed by atoms with van der Waals surface area (Å²) in [6, 6.07) is 17.3. The molecule has 10 nitrogen and oxygen atoms in total. The number of urea groups is 1. The third-order valence-corrected chi connectivity index (χ3v) is 6.38. The van der Waals surface area contributed by atoms with Gasteiger partial charge >= 0.3 is 12.2 Å². The third kappa shape index (κ3) is 9.47. The number of halogens is 4. The Hall–Kier alpha value is -4.66. The highest BCUT2D eigenvalue weighted by molar-refractivity contribution is 7.85. The second kappa shape index (κ2) is 13.3. The molecule has 1 heterocycles. The molecular formula is C27H22ClF3N4O6S. The summed E-state index contributed by atoms with van der Waals surface area (Å²) in [5, 5.41) is 4.33. The van der Waals surface area contributed by atoms with Crippen LogP contribution in [0.2, 0.25) is 5.02 Å². The van der Waals surface area contributed by atoms with Gasteiger partial charge in [-0.1, -0.05) is 29.3 Å². The number of nitrogens with zero attached hydrogens (tertiary/aromatic N) is 1. The number of ether oxygens (including phenoxy) is 1. The van der Waals surface area contributed by atoms with E-state index in [9.17, 15) is 31.2 Å². The SMILES string of the molecule is Cc1ccc(S(=O)(=O)O)cc1.NC(=O)c1cc(Oc2ccc(NC(=O)Nc3ccc(Cl)c(C(F)(F)F)c3)cc2)ccn1. The van der Waals surface area contributed by atoms with Crippen molar-refractivity contribution in [3.63, 3.8) is 0 Å². The van der Waals surface area contributed by atoms with Gasteiger partial charge in [0.05, 0.1) is 15.5 Å². The molecule has 0 aliphatic heterocycles. The number of benzene rings is 3. The maximum atomic E-state index is 12.9. The van der Waals surface area contributed by atoms with Gasteiger partial charge in [0.2, 0.25) is 0 Å². The Morgan fingerprint density at radius 3 is 2.07 bits per heavy atom. The summed E-state index contributed by atoms with van der Waals surface area (Å²) in [5.41, 5.74) is 5.41. The summed E-state index contributed by atoms with van der Waals surface area (Å²) in [6.45, 7) is 1.84. The Labute approximate surface area is 243 Å². The minimum atomic E-state index is -4.64. The largest absolute Gasteiger partial charge is 0.457 e. The van der Waals surface area contributed by atoms with Gasteiger partial charge in [-0.15, -0.1) is 0 Å². The number of carbonyl (C=O) groups is 2. The van der Waals surface area contributed by atoms with Crippen molar-refractivity contribution in [1.29, 1.82) is 0 Å². The fourth-order valence-electron chi connectivity index (χ4n) is 3.18. The van der Waals surface area contributed by atoms with Crippen LogP contribution in [0.25, 0.3) is 0 Å². The number of aromatic nitrogens is 1. The zero-order valence-electron chi connectivity index (χ0n) is 21.5. The van der Waals surface area contributed by atoms with Crippen LogP contribution in [0.3, 0.4) is 0 Å². The highest BCUT2D eigenvalue weighted by Gasteiger charge is 2.33. The van der Waals surface area contributed by atoms with Gasteiger partial charge < -0.3 is 21.1 Å². The number of carbonyl (C=O) groups excluding carboxylic acids is 2. The molecule has 0 saturated carbocycles. The van der Waals surface area contributed by atoms with Gasteiger partial charge in [-0.2, -0.15) is 21.6 Å². The highest BCUT2D eigenvalue weighted by Crippen LogP contribution is 2.36. The standard InChI is InChI=1S/C20H14ClF3N4O3.C7H8O3S/c21-16-6-3-12(9-15(16)20(22,23)24)28-19(30)27-11-1-4-13(5-2-11)31-14-7-8-26-17(10-14)18(25)29;1-6-2-4-7(5-3-6)11(8,9)10/h1-10H,(H2,25,29)(H2,27,28,30);2-5H,1H3,(H,8,9,10). The molecule has 0 fully saturated rings. The van der Waals surface area contributed by atoms with E-state index in [2.05, 4.69) is 15.6 Å². The van der Waals surface area contributed by atoms with Gasteiger partial charge in [0.15, 0.2) is 0 Å². The Kier molecular flexibility index (Phi) is 10.1. The fraction of sp³-hybridized carbons (Fsp3) is 0.0741. The number of anilines is 2. The molecule has 220 valence electrons. The maximum absolute atomic E-state index is 12.9. The average Bonchev–Trinajstić information content (AvgIpc) is 2.90. The second-order valence-electron chi connectivity index (χ2n) is 8.43. The monoisotopic (exact) mass is 622 g/mol. The molecule has 0 bridgehead atoms. The minimum Gasteiger partial charge on any atom is -0.457 e. The summed E-state index contributed by atoms with van der Waals surface area (Å²) in [7, 11) is -4.02.